The van der Waals surface area contributed by atoms with Gasteiger partial charge in [-0.15, -0.1) is 25.5 Å². The first-order valence-corrected chi connectivity index (χ1v) is 7.82. The molecule has 25 heavy (non-hydrogen) atoms. The number of alkyl halides is 3. The number of aromatic nitrogens is 7. The van der Waals surface area contributed by atoms with Crippen molar-refractivity contribution in [1.29, 1.82) is 0 Å². The Kier molecular flexibility index (Phi) is 3.58. The zero-order valence-corrected chi connectivity index (χ0v) is 13.3. The molecular weight excluding hydrogens is 337 g/mol. The Morgan fingerprint density at radius 1 is 1.16 bits per heavy atom. The largest absolute Gasteiger partial charge is 0.453 e. The Labute approximate surface area is 140 Å². The molecule has 1 aliphatic rings. The highest BCUT2D eigenvalue weighted by Gasteiger charge is 2.38. The molecule has 0 radical (unpaired) electrons. The monoisotopic (exact) mass is 352 g/mol. The minimum atomic E-state index is -4.60. The summed E-state index contributed by atoms with van der Waals surface area (Å²) in [5, 5.41) is 18.9. The van der Waals surface area contributed by atoms with E-state index < -0.39 is 12.0 Å². The molecule has 3 aromatic rings. The lowest BCUT2D eigenvalue weighted by Gasteiger charge is -2.32. The molecule has 0 amide bonds. The maximum absolute atomic E-state index is 13.0. The smallest absolute Gasteiger partial charge is 0.354 e. The Bertz CT molecular complexity index is 899. The Balaban J connectivity index is 1.66. The van der Waals surface area contributed by atoms with Crippen LogP contribution < -0.4 is 4.90 Å². The van der Waals surface area contributed by atoms with Gasteiger partial charge in [0.15, 0.2) is 5.65 Å². The highest BCUT2D eigenvalue weighted by Crippen LogP contribution is 2.30. The van der Waals surface area contributed by atoms with Crippen LogP contribution in [0.3, 0.4) is 0 Å². The molecule has 132 valence electrons. The molecule has 1 aliphatic heterocycles. The molecule has 0 aromatic carbocycles. The van der Waals surface area contributed by atoms with Crippen molar-refractivity contribution in [1.82, 2.24) is 34.6 Å². The van der Waals surface area contributed by atoms with E-state index in [9.17, 15) is 13.2 Å². The fourth-order valence-electron chi connectivity index (χ4n) is 3.18. The molecule has 4 heterocycles. The summed E-state index contributed by atoms with van der Waals surface area (Å²) >= 11 is 0. The van der Waals surface area contributed by atoms with Gasteiger partial charge in [0.2, 0.25) is 0 Å². The van der Waals surface area contributed by atoms with E-state index in [1.165, 1.54) is 6.07 Å². The average Bonchev–Trinajstić information content (AvgIpc) is 3.20. The van der Waals surface area contributed by atoms with Crippen LogP contribution in [0.4, 0.5) is 19.0 Å². The summed E-state index contributed by atoms with van der Waals surface area (Å²) in [6, 6.07) is 3.17. The first kappa shape index (κ1) is 15.8. The van der Waals surface area contributed by atoms with E-state index in [0.29, 0.717) is 12.4 Å². The van der Waals surface area contributed by atoms with Crippen molar-refractivity contribution < 1.29 is 13.2 Å². The van der Waals surface area contributed by atoms with Gasteiger partial charge < -0.3 is 9.47 Å². The van der Waals surface area contributed by atoms with Gasteiger partial charge in [0.25, 0.3) is 5.82 Å². The Hall–Kier alpha value is -2.72. The van der Waals surface area contributed by atoms with Crippen LogP contribution in [0.2, 0.25) is 0 Å². The molecule has 1 atom stereocenters. The second-order valence-electron chi connectivity index (χ2n) is 6.07. The van der Waals surface area contributed by atoms with Gasteiger partial charge in [-0.1, -0.05) is 0 Å². The van der Waals surface area contributed by atoms with E-state index in [4.69, 9.17) is 0 Å². The molecule has 4 rings (SSSR count). The summed E-state index contributed by atoms with van der Waals surface area (Å²) < 4.78 is 41.7. The third-order valence-corrected chi connectivity index (χ3v) is 4.36. The van der Waals surface area contributed by atoms with Gasteiger partial charge in [-0.05, 0) is 25.0 Å². The molecule has 0 bridgehead atoms. The number of aryl methyl sites for hydroxylation is 1. The molecule has 0 saturated carbocycles. The van der Waals surface area contributed by atoms with Crippen molar-refractivity contribution in [3.05, 3.63) is 30.1 Å². The minimum Gasteiger partial charge on any atom is -0.354 e. The first-order chi connectivity index (χ1) is 11.9. The van der Waals surface area contributed by atoms with E-state index in [0.717, 1.165) is 29.7 Å². The van der Waals surface area contributed by atoms with E-state index in [-0.39, 0.29) is 11.6 Å². The summed E-state index contributed by atoms with van der Waals surface area (Å²) in [7, 11) is 1.88. The molecule has 0 spiro atoms. The van der Waals surface area contributed by atoms with Crippen LogP contribution in [-0.4, -0.2) is 47.7 Å². The highest BCUT2D eigenvalue weighted by molar-refractivity contribution is 5.46. The summed E-state index contributed by atoms with van der Waals surface area (Å²) in [4.78, 5) is 1.96. The van der Waals surface area contributed by atoms with Gasteiger partial charge in [0, 0.05) is 26.1 Å². The third kappa shape index (κ3) is 2.79. The topological polar surface area (TPSA) is 77.0 Å². The van der Waals surface area contributed by atoms with Crippen LogP contribution >= 0.6 is 0 Å². The quantitative estimate of drug-likeness (QED) is 0.698. The van der Waals surface area contributed by atoms with Gasteiger partial charge in [-0.3, -0.25) is 0 Å². The molecule has 1 unspecified atom stereocenters. The van der Waals surface area contributed by atoms with Crippen molar-refractivity contribution in [2.45, 2.75) is 24.9 Å². The fourth-order valence-corrected chi connectivity index (χ4v) is 3.18. The maximum atomic E-state index is 13.0. The third-order valence-electron chi connectivity index (χ3n) is 4.36. The number of nitrogens with zero attached hydrogens (tertiary/aromatic N) is 8. The lowest BCUT2D eigenvalue weighted by Crippen LogP contribution is -2.36. The maximum Gasteiger partial charge on any atom is 0.453 e. The standard InChI is InChI=1S/C14H15F3N8/c1-23-8-18-20-12(23)9-3-2-6-24(7-9)11-5-4-10-19-21-13(14(15,16)17)25(10)22-11/h4-5,8-9H,2-3,6-7H2,1H3. The SMILES string of the molecule is Cn1cnnc1C1CCCN(c2ccc3nnc(C(F)(F)F)n3n2)C1. The van der Waals surface area contributed by atoms with Crippen LogP contribution in [0, 0.1) is 0 Å². The summed E-state index contributed by atoms with van der Waals surface area (Å²) in [5.41, 5.74) is 0.0675. The number of hydrogen-bond acceptors (Lipinski definition) is 6. The Morgan fingerprint density at radius 2 is 2.00 bits per heavy atom. The number of piperidine rings is 1. The molecule has 3 aromatic heterocycles. The second kappa shape index (κ2) is 5.67. The van der Waals surface area contributed by atoms with E-state index in [1.807, 2.05) is 16.5 Å². The zero-order valence-electron chi connectivity index (χ0n) is 13.3. The molecule has 0 aliphatic carbocycles. The summed E-state index contributed by atoms with van der Waals surface area (Å²) in [6.07, 6.45) is -1.11. The number of hydrogen-bond donors (Lipinski definition) is 0. The molecule has 11 heteroatoms. The average molecular weight is 352 g/mol. The van der Waals surface area contributed by atoms with Crippen molar-refractivity contribution in [2.24, 2.45) is 7.05 Å². The summed E-state index contributed by atoms with van der Waals surface area (Å²) in [6.45, 7) is 1.34. The van der Waals surface area contributed by atoms with Gasteiger partial charge in [-0.25, -0.2) is 0 Å². The number of rotatable bonds is 2. The van der Waals surface area contributed by atoms with Crippen molar-refractivity contribution >= 4 is 11.5 Å². The van der Waals surface area contributed by atoms with Crippen LogP contribution in [-0.2, 0) is 13.2 Å². The van der Waals surface area contributed by atoms with E-state index in [1.54, 1.807) is 12.4 Å². The van der Waals surface area contributed by atoms with E-state index >= 15 is 0 Å². The van der Waals surface area contributed by atoms with E-state index in [2.05, 4.69) is 25.5 Å². The molecular formula is C14H15F3N8. The molecule has 1 fully saturated rings. The van der Waals surface area contributed by atoms with Crippen LogP contribution in [0.5, 0.6) is 0 Å². The van der Waals surface area contributed by atoms with Crippen molar-refractivity contribution in [3.8, 4) is 0 Å². The van der Waals surface area contributed by atoms with Gasteiger partial charge in [-0.2, -0.15) is 17.7 Å². The predicted molar refractivity (Wildman–Crippen MR) is 81.0 cm³/mol. The van der Waals surface area contributed by atoms with Crippen molar-refractivity contribution in [2.75, 3.05) is 18.0 Å². The molecule has 1 saturated heterocycles. The van der Waals surface area contributed by atoms with Crippen LogP contribution in [0.1, 0.15) is 30.4 Å². The Morgan fingerprint density at radius 3 is 2.72 bits per heavy atom. The number of halogens is 3. The highest BCUT2D eigenvalue weighted by atomic mass is 19.4. The normalized spacial score (nSPS) is 18.9. The van der Waals surface area contributed by atoms with Gasteiger partial charge >= 0.3 is 6.18 Å². The number of fused-ring (bicyclic) bond motifs is 1. The van der Waals surface area contributed by atoms with Crippen LogP contribution in [0.15, 0.2) is 18.5 Å². The van der Waals surface area contributed by atoms with Crippen molar-refractivity contribution in [3.63, 3.8) is 0 Å². The number of anilines is 1. The van der Waals surface area contributed by atoms with Gasteiger partial charge in [0.1, 0.15) is 18.0 Å². The predicted octanol–water partition coefficient (Wildman–Crippen LogP) is 1.66. The summed E-state index contributed by atoms with van der Waals surface area (Å²) in [5.74, 6) is 0.365. The minimum absolute atomic E-state index is 0.0675. The first-order valence-electron chi connectivity index (χ1n) is 7.82. The lowest BCUT2D eigenvalue weighted by atomic mass is 9.97. The fraction of sp³-hybridized carbons (Fsp3) is 0.500. The molecule has 8 nitrogen and oxygen atoms in total. The molecule has 0 N–H and O–H groups in total. The van der Waals surface area contributed by atoms with Gasteiger partial charge in [0.05, 0.1) is 0 Å². The lowest BCUT2D eigenvalue weighted by molar-refractivity contribution is -0.146. The van der Waals surface area contributed by atoms with Crippen LogP contribution in [0.25, 0.3) is 5.65 Å². The zero-order chi connectivity index (χ0) is 17.6. The second-order valence-corrected chi connectivity index (χ2v) is 6.07.